The largest absolute Gasteiger partial charge is 0.355 e. The molecule has 0 atom stereocenters. The Kier molecular flexibility index (Phi) is 4.77. The number of hydrogen-bond acceptors (Lipinski definition) is 2. The standard InChI is InChI=1S/C16H22FN3/c1-12(2)10-20-11-13(3)19-16(20)18-9-8-14-4-6-15(17)7-5-14/h4-7,11-12H,8-10H2,1-3H3,(H,18,19). The second-order valence-electron chi connectivity index (χ2n) is 5.56. The van der Waals surface area contributed by atoms with E-state index in [1.54, 1.807) is 0 Å². The first-order valence-corrected chi connectivity index (χ1v) is 7.06. The number of halogens is 1. The maximum Gasteiger partial charge on any atom is 0.203 e. The Balaban J connectivity index is 1.92. The molecule has 0 saturated heterocycles. The number of imidazole rings is 1. The van der Waals surface area contributed by atoms with Crippen molar-refractivity contribution in [1.82, 2.24) is 9.55 Å². The summed E-state index contributed by atoms with van der Waals surface area (Å²) in [5.41, 5.74) is 2.15. The van der Waals surface area contributed by atoms with Gasteiger partial charge in [-0.3, -0.25) is 0 Å². The third-order valence-corrected chi connectivity index (χ3v) is 3.07. The Bertz CT molecular complexity index is 543. The zero-order valence-electron chi connectivity index (χ0n) is 12.4. The highest BCUT2D eigenvalue weighted by Crippen LogP contribution is 2.12. The minimum absolute atomic E-state index is 0.190. The lowest BCUT2D eigenvalue weighted by atomic mass is 10.1. The molecular weight excluding hydrogens is 253 g/mol. The second kappa shape index (κ2) is 6.55. The van der Waals surface area contributed by atoms with Gasteiger partial charge in [0.1, 0.15) is 5.82 Å². The van der Waals surface area contributed by atoms with Crippen LogP contribution in [0.1, 0.15) is 25.1 Å². The Morgan fingerprint density at radius 1 is 1.25 bits per heavy atom. The molecule has 2 aromatic rings. The fourth-order valence-electron chi connectivity index (χ4n) is 2.19. The fraction of sp³-hybridized carbons (Fsp3) is 0.438. The molecule has 0 aliphatic carbocycles. The van der Waals surface area contributed by atoms with E-state index < -0.39 is 0 Å². The molecule has 2 rings (SSSR count). The Hall–Kier alpha value is -1.84. The van der Waals surface area contributed by atoms with E-state index in [0.29, 0.717) is 5.92 Å². The van der Waals surface area contributed by atoms with Gasteiger partial charge < -0.3 is 9.88 Å². The molecule has 108 valence electrons. The van der Waals surface area contributed by atoms with Crippen LogP contribution in [-0.4, -0.2) is 16.1 Å². The van der Waals surface area contributed by atoms with Gasteiger partial charge in [-0.1, -0.05) is 26.0 Å². The number of aryl methyl sites for hydroxylation is 1. The molecule has 1 heterocycles. The monoisotopic (exact) mass is 275 g/mol. The third-order valence-electron chi connectivity index (χ3n) is 3.07. The number of nitrogens with one attached hydrogen (secondary N) is 1. The van der Waals surface area contributed by atoms with E-state index in [1.165, 1.54) is 12.1 Å². The van der Waals surface area contributed by atoms with Crippen LogP contribution in [0.2, 0.25) is 0 Å². The van der Waals surface area contributed by atoms with E-state index in [0.717, 1.165) is 36.7 Å². The topological polar surface area (TPSA) is 29.9 Å². The maximum atomic E-state index is 12.8. The molecule has 0 unspecified atom stereocenters. The van der Waals surface area contributed by atoms with E-state index in [9.17, 15) is 4.39 Å². The highest BCUT2D eigenvalue weighted by molar-refractivity contribution is 5.29. The van der Waals surface area contributed by atoms with E-state index >= 15 is 0 Å². The smallest absolute Gasteiger partial charge is 0.203 e. The fourth-order valence-corrected chi connectivity index (χ4v) is 2.19. The van der Waals surface area contributed by atoms with Gasteiger partial charge in [0, 0.05) is 19.3 Å². The van der Waals surface area contributed by atoms with Crippen LogP contribution in [0.3, 0.4) is 0 Å². The molecule has 1 aromatic carbocycles. The quantitative estimate of drug-likeness (QED) is 0.872. The number of rotatable bonds is 6. The van der Waals surface area contributed by atoms with Crippen molar-refractivity contribution >= 4 is 5.95 Å². The van der Waals surface area contributed by atoms with E-state index in [-0.39, 0.29) is 5.82 Å². The average molecular weight is 275 g/mol. The van der Waals surface area contributed by atoms with Crippen LogP contribution in [0.25, 0.3) is 0 Å². The van der Waals surface area contributed by atoms with Gasteiger partial charge in [0.25, 0.3) is 0 Å². The van der Waals surface area contributed by atoms with Gasteiger partial charge >= 0.3 is 0 Å². The van der Waals surface area contributed by atoms with Crippen molar-refractivity contribution in [2.45, 2.75) is 33.7 Å². The molecule has 0 bridgehead atoms. The number of nitrogens with zero attached hydrogens (tertiary/aromatic N) is 2. The molecule has 1 N–H and O–H groups in total. The molecular formula is C16H22FN3. The Labute approximate surface area is 119 Å². The van der Waals surface area contributed by atoms with Crippen LogP contribution in [0.4, 0.5) is 10.3 Å². The van der Waals surface area contributed by atoms with Crippen molar-refractivity contribution in [2.24, 2.45) is 5.92 Å². The third kappa shape index (κ3) is 4.08. The summed E-state index contributed by atoms with van der Waals surface area (Å²) in [6.07, 6.45) is 2.92. The lowest BCUT2D eigenvalue weighted by Crippen LogP contribution is -2.12. The van der Waals surface area contributed by atoms with Crippen LogP contribution in [0.5, 0.6) is 0 Å². The molecule has 20 heavy (non-hydrogen) atoms. The molecule has 0 amide bonds. The van der Waals surface area contributed by atoms with Crippen molar-refractivity contribution in [3.63, 3.8) is 0 Å². The summed E-state index contributed by atoms with van der Waals surface area (Å²) in [5, 5.41) is 3.36. The van der Waals surface area contributed by atoms with Crippen molar-refractivity contribution in [1.29, 1.82) is 0 Å². The summed E-state index contributed by atoms with van der Waals surface area (Å²) in [5.74, 6) is 1.31. The molecule has 0 aliphatic rings. The second-order valence-corrected chi connectivity index (χ2v) is 5.56. The number of benzene rings is 1. The van der Waals surface area contributed by atoms with Gasteiger partial charge in [0.2, 0.25) is 5.95 Å². The summed E-state index contributed by atoms with van der Waals surface area (Å²) < 4.78 is 15.0. The van der Waals surface area contributed by atoms with Gasteiger partial charge in [0.05, 0.1) is 5.69 Å². The Morgan fingerprint density at radius 2 is 1.95 bits per heavy atom. The highest BCUT2D eigenvalue weighted by atomic mass is 19.1. The molecule has 4 heteroatoms. The van der Waals surface area contributed by atoms with Gasteiger partial charge in [0.15, 0.2) is 0 Å². The minimum Gasteiger partial charge on any atom is -0.355 e. The van der Waals surface area contributed by atoms with E-state index in [4.69, 9.17) is 0 Å². The first-order chi connectivity index (χ1) is 9.54. The normalized spacial score (nSPS) is 11.1. The van der Waals surface area contributed by atoms with Crippen LogP contribution in [0, 0.1) is 18.7 Å². The molecule has 1 aromatic heterocycles. The molecule has 3 nitrogen and oxygen atoms in total. The van der Waals surface area contributed by atoms with Crippen LogP contribution >= 0.6 is 0 Å². The lowest BCUT2D eigenvalue weighted by molar-refractivity contribution is 0.526. The first kappa shape index (κ1) is 14.6. The highest BCUT2D eigenvalue weighted by Gasteiger charge is 2.06. The number of anilines is 1. The van der Waals surface area contributed by atoms with E-state index in [2.05, 4.69) is 34.9 Å². The summed E-state index contributed by atoms with van der Waals surface area (Å²) in [4.78, 5) is 4.50. The summed E-state index contributed by atoms with van der Waals surface area (Å²) in [7, 11) is 0. The predicted molar refractivity (Wildman–Crippen MR) is 80.4 cm³/mol. The zero-order valence-corrected chi connectivity index (χ0v) is 12.4. The molecule has 0 fully saturated rings. The van der Waals surface area contributed by atoms with Gasteiger partial charge in [-0.2, -0.15) is 0 Å². The molecule has 0 radical (unpaired) electrons. The Morgan fingerprint density at radius 3 is 2.60 bits per heavy atom. The van der Waals surface area contributed by atoms with Gasteiger partial charge in [-0.15, -0.1) is 0 Å². The van der Waals surface area contributed by atoms with Crippen molar-refractivity contribution in [3.05, 3.63) is 47.5 Å². The minimum atomic E-state index is -0.190. The zero-order chi connectivity index (χ0) is 14.5. The first-order valence-electron chi connectivity index (χ1n) is 7.06. The van der Waals surface area contributed by atoms with Crippen LogP contribution in [0.15, 0.2) is 30.5 Å². The van der Waals surface area contributed by atoms with Crippen molar-refractivity contribution < 1.29 is 4.39 Å². The molecule has 0 saturated carbocycles. The summed E-state index contributed by atoms with van der Waals surface area (Å²) >= 11 is 0. The average Bonchev–Trinajstić information content (AvgIpc) is 2.71. The predicted octanol–water partition coefficient (Wildman–Crippen LogP) is 3.64. The van der Waals surface area contributed by atoms with Gasteiger partial charge in [-0.25, -0.2) is 9.37 Å². The van der Waals surface area contributed by atoms with Crippen LogP contribution < -0.4 is 5.32 Å². The van der Waals surface area contributed by atoms with Crippen molar-refractivity contribution in [2.75, 3.05) is 11.9 Å². The van der Waals surface area contributed by atoms with Crippen LogP contribution in [-0.2, 0) is 13.0 Å². The van der Waals surface area contributed by atoms with Crippen molar-refractivity contribution in [3.8, 4) is 0 Å². The van der Waals surface area contributed by atoms with E-state index in [1.807, 2.05) is 19.1 Å². The molecule has 0 aliphatic heterocycles. The summed E-state index contributed by atoms with van der Waals surface area (Å²) in [6.45, 7) is 8.14. The number of aromatic nitrogens is 2. The lowest BCUT2D eigenvalue weighted by Gasteiger charge is -2.11. The SMILES string of the molecule is Cc1cn(CC(C)C)c(NCCc2ccc(F)cc2)n1. The molecule has 0 spiro atoms. The summed E-state index contributed by atoms with van der Waals surface area (Å²) in [6, 6.07) is 6.64. The van der Waals surface area contributed by atoms with Gasteiger partial charge in [-0.05, 0) is 37.0 Å². The maximum absolute atomic E-state index is 12.8. The number of hydrogen-bond donors (Lipinski definition) is 1.